The van der Waals surface area contributed by atoms with E-state index < -0.39 is 0 Å². The summed E-state index contributed by atoms with van der Waals surface area (Å²) in [5, 5.41) is 3.60. The van der Waals surface area contributed by atoms with Gasteiger partial charge in [-0.05, 0) is 32.2 Å². The summed E-state index contributed by atoms with van der Waals surface area (Å²) in [4.78, 5) is 7.07. The molecule has 1 unspecified atom stereocenters. The highest BCUT2D eigenvalue weighted by atomic mass is 15.2. The minimum absolute atomic E-state index is 0.670. The zero-order valence-electron chi connectivity index (χ0n) is 12.6. The maximum absolute atomic E-state index is 4.51. The van der Waals surface area contributed by atoms with E-state index in [1.165, 1.54) is 25.2 Å². The lowest BCUT2D eigenvalue weighted by atomic mass is 10.1. The van der Waals surface area contributed by atoms with Crippen LogP contribution in [0, 0.1) is 5.92 Å². The van der Waals surface area contributed by atoms with Crippen LogP contribution in [0.3, 0.4) is 0 Å². The number of rotatable bonds is 7. The van der Waals surface area contributed by atoms with Crippen molar-refractivity contribution in [3.8, 4) is 0 Å². The molecule has 2 heterocycles. The van der Waals surface area contributed by atoms with Gasteiger partial charge in [0.15, 0.2) is 0 Å². The number of nitrogens with one attached hydrogen (secondary N) is 1. The van der Waals surface area contributed by atoms with Crippen LogP contribution in [0.1, 0.15) is 39.4 Å². The molecule has 19 heavy (non-hydrogen) atoms. The summed E-state index contributed by atoms with van der Waals surface area (Å²) in [5.41, 5.74) is 0. The first kappa shape index (κ1) is 14.5. The molecule has 0 aliphatic carbocycles. The molecule has 0 amide bonds. The monoisotopic (exact) mass is 264 g/mol. The molecule has 1 aliphatic heterocycles. The third-order valence-electron chi connectivity index (χ3n) is 3.77. The van der Waals surface area contributed by atoms with Crippen LogP contribution < -0.4 is 5.32 Å². The average molecular weight is 264 g/mol. The molecule has 2 rings (SSSR count). The standard InChI is InChI=1S/C15H28N4/c1-4-19-9-8-17-15(19)12-18(10-13(2)3)11-14-6-5-7-16-14/h8-9,13-14,16H,4-7,10-12H2,1-3H3. The second kappa shape index (κ2) is 7.06. The first-order chi connectivity index (χ1) is 9.19. The van der Waals surface area contributed by atoms with Crippen molar-refractivity contribution < 1.29 is 0 Å². The SMILES string of the molecule is CCn1ccnc1CN(CC(C)C)CC1CCCN1. The van der Waals surface area contributed by atoms with E-state index in [0.29, 0.717) is 12.0 Å². The lowest BCUT2D eigenvalue weighted by Gasteiger charge is -2.27. The molecular weight excluding hydrogens is 236 g/mol. The number of aryl methyl sites for hydroxylation is 1. The maximum Gasteiger partial charge on any atom is 0.122 e. The molecule has 1 fully saturated rings. The first-order valence-electron chi connectivity index (χ1n) is 7.64. The fourth-order valence-corrected chi connectivity index (χ4v) is 2.92. The van der Waals surface area contributed by atoms with Crippen molar-refractivity contribution >= 4 is 0 Å². The van der Waals surface area contributed by atoms with Crippen LogP contribution >= 0.6 is 0 Å². The van der Waals surface area contributed by atoms with Crippen molar-refractivity contribution in [1.82, 2.24) is 19.8 Å². The Morgan fingerprint density at radius 2 is 2.37 bits per heavy atom. The van der Waals surface area contributed by atoms with Gasteiger partial charge < -0.3 is 9.88 Å². The molecule has 0 radical (unpaired) electrons. The number of hydrogen-bond acceptors (Lipinski definition) is 3. The molecule has 1 aliphatic rings. The Hall–Kier alpha value is -0.870. The molecule has 0 saturated carbocycles. The van der Waals surface area contributed by atoms with Crippen molar-refractivity contribution in [2.24, 2.45) is 5.92 Å². The van der Waals surface area contributed by atoms with Gasteiger partial charge >= 0.3 is 0 Å². The third-order valence-corrected chi connectivity index (χ3v) is 3.77. The van der Waals surface area contributed by atoms with Crippen molar-refractivity contribution in [1.29, 1.82) is 0 Å². The quantitative estimate of drug-likeness (QED) is 0.819. The van der Waals surface area contributed by atoms with Crippen LogP contribution in [-0.2, 0) is 13.1 Å². The highest BCUT2D eigenvalue weighted by Crippen LogP contribution is 2.11. The van der Waals surface area contributed by atoms with Crippen LogP contribution in [-0.4, -0.2) is 40.1 Å². The molecule has 1 atom stereocenters. The van der Waals surface area contributed by atoms with Crippen LogP contribution in [0.15, 0.2) is 12.4 Å². The topological polar surface area (TPSA) is 33.1 Å². The Kier molecular flexibility index (Phi) is 5.40. The molecule has 0 aromatic carbocycles. The van der Waals surface area contributed by atoms with E-state index in [1.807, 2.05) is 6.20 Å². The zero-order valence-corrected chi connectivity index (χ0v) is 12.6. The van der Waals surface area contributed by atoms with Gasteiger partial charge in [0.1, 0.15) is 5.82 Å². The first-order valence-corrected chi connectivity index (χ1v) is 7.64. The smallest absolute Gasteiger partial charge is 0.122 e. The van der Waals surface area contributed by atoms with E-state index in [1.54, 1.807) is 0 Å². The summed E-state index contributed by atoms with van der Waals surface area (Å²) in [6.07, 6.45) is 6.64. The predicted molar refractivity (Wildman–Crippen MR) is 79.0 cm³/mol. The second-order valence-corrected chi connectivity index (χ2v) is 6.01. The largest absolute Gasteiger partial charge is 0.334 e. The van der Waals surface area contributed by atoms with Crippen LogP contribution in [0.4, 0.5) is 0 Å². The van der Waals surface area contributed by atoms with Gasteiger partial charge in [-0.1, -0.05) is 13.8 Å². The number of aromatic nitrogens is 2. The number of hydrogen-bond donors (Lipinski definition) is 1. The minimum Gasteiger partial charge on any atom is -0.334 e. The molecule has 1 saturated heterocycles. The Bertz CT molecular complexity index is 366. The Balaban J connectivity index is 1.96. The molecule has 0 spiro atoms. The highest BCUT2D eigenvalue weighted by molar-refractivity contribution is 4.93. The summed E-state index contributed by atoms with van der Waals surface area (Å²) < 4.78 is 2.25. The summed E-state index contributed by atoms with van der Waals surface area (Å²) in [6.45, 7) is 12.2. The lowest BCUT2D eigenvalue weighted by molar-refractivity contribution is 0.209. The predicted octanol–water partition coefficient (Wildman–Crippen LogP) is 2.11. The van der Waals surface area contributed by atoms with Gasteiger partial charge in [-0.3, -0.25) is 4.90 Å². The molecule has 4 heteroatoms. The van der Waals surface area contributed by atoms with E-state index in [4.69, 9.17) is 0 Å². The fourth-order valence-electron chi connectivity index (χ4n) is 2.92. The molecule has 108 valence electrons. The van der Waals surface area contributed by atoms with Gasteiger partial charge in [-0.2, -0.15) is 0 Å². The third kappa shape index (κ3) is 4.32. The maximum atomic E-state index is 4.51. The lowest BCUT2D eigenvalue weighted by Crippen LogP contribution is -2.39. The second-order valence-electron chi connectivity index (χ2n) is 6.01. The minimum atomic E-state index is 0.670. The van der Waals surface area contributed by atoms with Crippen molar-refractivity contribution in [3.63, 3.8) is 0 Å². The van der Waals surface area contributed by atoms with Crippen LogP contribution in [0.5, 0.6) is 0 Å². The Labute approximate surface area is 117 Å². The normalized spacial score (nSPS) is 19.7. The van der Waals surface area contributed by atoms with Gasteiger partial charge in [-0.15, -0.1) is 0 Å². The van der Waals surface area contributed by atoms with Gasteiger partial charge in [-0.25, -0.2) is 4.98 Å². The van der Waals surface area contributed by atoms with Gasteiger partial charge in [0, 0.05) is 38.1 Å². The average Bonchev–Trinajstić information content (AvgIpc) is 2.99. The summed E-state index contributed by atoms with van der Waals surface area (Å²) in [6, 6.07) is 0.670. The zero-order chi connectivity index (χ0) is 13.7. The molecular formula is C15H28N4. The van der Waals surface area contributed by atoms with E-state index >= 15 is 0 Å². The van der Waals surface area contributed by atoms with E-state index in [0.717, 1.165) is 26.2 Å². The van der Waals surface area contributed by atoms with Crippen molar-refractivity contribution in [3.05, 3.63) is 18.2 Å². The highest BCUT2D eigenvalue weighted by Gasteiger charge is 2.19. The molecule has 1 N–H and O–H groups in total. The number of nitrogens with zero attached hydrogens (tertiary/aromatic N) is 3. The Morgan fingerprint density at radius 3 is 3.00 bits per heavy atom. The van der Waals surface area contributed by atoms with Gasteiger partial charge in [0.05, 0.1) is 6.54 Å². The van der Waals surface area contributed by atoms with Gasteiger partial charge in [0.25, 0.3) is 0 Å². The summed E-state index contributed by atoms with van der Waals surface area (Å²) in [5.74, 6) is 1.90. The number of imidazole rings is 1. The Morgan fingerprint density at radius 1 is 1.53 bits per heavy atom. The molecule has 1 aromatic rings. The van der Waals surface area contributed by atoms with E-state index in [2.05, 4.69) is 46.7 Å². The summed E-state index contributed by atoms with van der Waals surface area (Å²) >= 11 is 0. The fraction of sp³-hybridized carbons (Fsp3) is 0.800. The van der Waals surface area contributed by atoms with Crippen molar-refractivity contribution in [2.45, 2.75) is 52.7 Å². The van der Waals surface area contributed by atoms with E-state index in [-0.39, 0.29) is 0 Å². The molecule has 1 aromatic heterocycles. The summed E-state index contributed by atoms with van der Waals surface area (Å²) in [7, 11) is 0. The van der Waals surface area contributed by atoms with Crippen LogP contribution in [0.25, 0.3) is 0 Å². The van der Waals surface area contributed by atoms with Crippen molar-refractivity contribution in [2.75, 3.05) is 19.6 Å². The molecule has 4 nitrogen and oxygen atoms in total. The molecule has 0 bridgehead atoms. The van der Waals surface area contributed by atoms with Gasteiger partial charge in [0.2, 0.25) is 0 Å². The van der Waals surface area contributed by atoms with Crippen LogP contribution in [0.2, 0.25) is 0 Å². The van der Waals surface area contributed by atoms with E-state index in [9.17, 15) is 0 Å².